The topological polar surface area (TPSA) is 57.5 Å². The molecule has 2 N–H and O–H groups in total. The van der Waals surface area contributed by atoms with Crippen LogP contribution in [0.25, 0.3) is 0 Å². The number of hydrogen-bond acceptors (Lipinski definition) is 3. The number of hydrogen-bond donors (Lipinski definition) is 2. The average molecular weight is 322 g/mol. The number of allylic oxidation sites excluding steroid dienone is 3. The van der Waals surface area contributed by atoms with E-state index in [9.17, 15) is 9.90 Å². The third-order valence-electron chi connectivity index (χ3n) is 4.64. The second kappa shape index (κ2) is 12.5. The molecule has 3 nitrogen and oxygen atoms in total. The van der Waals surface area contributed by atoms with Crippen LogP contribution in [0.2, 0.25) is 0 Å². The fourth-order valence-corrected chi connectivity index (χ4v) is 3.15. The van der Waals surface area contributed by atoms with E-state index in [1.54, 1.807) is 6.08 Å². The minimum absolute atomic E-state index is 0.0620. The van der Waals surface area contributed by atoms with E-state index in [1.165, 1.54) is 0 Å². The van der Waals surface area contributed by atoms with Crippen molar-refractivity contribution in [2.24, 2.45) is 11.8 Å². The minimum Gasteiger partial charge on any atom is -0.396 e. The molecule has 1 rings (SSSR count). The lowest BCUT2D eigenvalue weighted by molar-refractivity contribution is -0.118. The summed E-state index contributed by atoms with van der Waals surface area (Å²) in [7, 11) is 0. The number of ketones is 1. The average Bonchev–Trinajstić information content (AvgIpc) is 2.89. The zero-order valence-electron chi connectivity index (χ0n) is 14.6. The summed E-state index contributed by atoms with van der Waals surface area (Å²) < 4.78 is 0. The Morgan fingerprint density at radius 3 is 2.61 bits per heavy atom. The first kappa shape index (κ1) is 20.1. The highest BCUT2D eigenvalue weighted by Gasteiger charge is 2.27. The summed E-state index contributed by atoms with van der Waals surface area (Å²) in [6.45, 7) is 2.43. The molecular formula is C20H34O3. The highest BCUT2D eigenvalue weighted by molar-refractivity contribution is 5.94. The van der Waals surface area contributed by atoms with Gasteiger partial charge in [0.1, 0.15) is 0 Å². The Labute approximate surface area is 141 Å². The molecule has 0 spiro atoms. The van der Waals surface area contributed by atoms with Crippen LogP contribution in [-0.2, 0) is 4.79 Å². The molecule has 0 aromatic heterocycles. The van der Waals surface area contributed by atoms with Crippen molar-refractivity contribution in [1.82, 2.24) is 0 Å². The Kier molecular flexibility index (Phi) is 10.9. The van der Waals surface area contributed by atoms with Crippen LogP contribution in [0.15, 0.2) is 24.3 Å². The molecule has 0 saturated heterocycles. The summed E-state index contributed by atoms with van der Waals surface area (Å²) in [5, 5.41) is 18.7. The molecule has 1 aliphatic carbocycles. The van der Waals surface area contributed by atoms with E-state index >= 15 is 0 Å². The molecule has 0 amide bonds. The van der Waals surface area contributed by atoms with Crippen LogP contribution in [-0.4, -0.2) is 28.7 Å². The number of rotatable bonds is 13. The second-order valence-corrected chi connectivity index (χ2v) is 6.67. The van der Waals surface area contributed by atoms with E-state index in [0.717, 1.165) is 64.2 Å². The quantitative estimate of drug-likeness (QED) is 0.395. The molecule has 23 heavy (non-hydrogen) atoms. The summed E-state index contributed by atoms with van der Waals surface area (Å²) in [4.78, 5) is 12.0. The van der Waals surface area contributed by atoms with Gasteiger partial charge in [-0.05, 0) is 25.3 Å². The van der Waals surface area contributed by atoms with Gasteiger partial charge in [-0.1, -0.05) is 70.1 Å². The SMILES string of the molecule is CCCCCC(O)/C=C/[C@H]1C=CC(=O)[C@@H]1CCCCCCCO. The van der Waals surface area contributed by atoms with Gasteiger partial charge in [0.25, 0.3) is 0 Å². The second-order valence-electron chi connectivity index (χ2n) is 6.67. The summed E-state index contributed by atoms with van der Waals surface area (Å²) in [6, 6.07) is 0. The lowest BCUT2D eigenvalue weighted by Crippen LogP contribution is -2.15. The molecule has 3 heteroatoms. The van der Waals surface area contributed by atoms with Gasteiger partial charge in [0, 0.05) is 18.4 Å². The number of aliphatic hydroxyl groups is 2. The molecule has 0 aromatic rings. The lowest BCUT2D eigenvalue weighted by atomic mass is 9.88. The zero-order valence-corrected chi connectivity index (χ0v) is 14.6. The number of aliphatic hydroxyl groups excluding tert-OH is 2. The first-order valence-corrected chi connectivity index (χ1v) is 9.38. The Bertz CT molecular complexity index is 373. The van der Waals surface area contributed by atoms with Gasteiger partial charge in [-0.15, -0.1) is 0 Å². The largest absolute Gasteiger partial charge is 0.396 e. The van der Waals surface area contributed by atoms with Gasteiger partial charge in [-0.25, -0.2) is 0 Å². The molecule has 0 bridgehead atoms. The van der Waals surface area contributed by atoms with E-state index in [2.05, 4.69) is 6.92 Å². The fraction of sp³-hybridized carbons (Fsp3) is 0.750. The lowest BCUT2D eigenvalue weighted by Gasteiger charge is -2.15. The number of carbonyl (C=O) groups is 1. The van der Waals surface area contributed by atoms with Crippen LogP contribution < -0.4 is 0 Å². The molecule has 0 aliphatic heterocycles. The van der Waals surface area contributed by atoms with Crippen molar-refractivity contribution in [2.45, 2.75) is 77.2 Å². The Hall–Kier alpha value is -0.930. The minimum atomic E-state index is -0.384. The first-order valence-electron chi connectivity index (χ1n) is 9.38. The summed E-state index contributed by atoms with van der Waals surface area (Å²) in [5.41, 5.74) is 0. The van der Waals surface area contributed by atoms with Gasteiger partial charge in [0.15, 0.2) is 5.78 Å². The predicted molar refractivity (Wildman–Crippen MR) is 95.2 cm³/mol. The van der Waals surface area contributed by atoms with Crippen molar-refractivity contribution < 1.29 is 15.0 Å². The van der Waals surface area contributed by atoms with Crippen molar-refractivity contribution >= 4 is 5.78 Å². The molecule has 0 saturated carbocycles. The van der Waals surface area contributed by atoms with E-state index in [4.69, 9.17) is 5.11 Å². The standard InChI is InChI=1S/C20H34O3/c1-2-3-7-10-18(22)14-12-17-13-15-20(23)19(17)11-8-5-4-6-9-16-21/h12-15,17-19,21-22H,2-11,16H2,1H3/b14-12+/t17-,18?,19+/m0/s1. The summed E-state index contributed by atoms with van der Waals surface area (Å²) >= 11 is 0. The molecule has 0 radical (unpaired) electrons. The van der Waals surface area contributed by atoms with Crippen molar-refractivity contribution in [3.8, 4) is 0 Å². The van der Waals surface area contributed by atoms with Gasteiger partial charge in [-0.2, -0.15) is 0 Å². The van der Waals surface area contributed by atoms with Crippen molar-refractivity contribution in [1.29, 1.82) is 0 Å². The van der Waals surface area contributed by atoms with E-state index < -0.39 is 0 Å². The zero-order chi connectivity index (χ0) is 16.9. The molecule has 0 fully saturated rings. The van der Waals surface area contributed by atoms with Gasteiger partial charge in [0.2, 0.25) is 0 Å². The van der Waals surface area contributed by atoms with Gasteiger partial charge in [0.05, 0.1) is 6.10 Å². The van der Waals surface area contributed by atoms with Gasteiger partial charge >= 0.3 is 0 Å². The Balaban J connectivity index is 2.29. The van der Waals surface area contributed by atoms with Crippen LogP contribution in [0, 0.1) is 11.8 Å². The maximum Gasteiger partial charge on any atom is 0.159 e. The van der Waals surface area contributed by atoms with Crippen LogP contribution in [0.4, 0.5) is 0 Å². The Morgan fingerprint density at radius 2 is 1.87 bits per heavy atom. The number of unbranched alkanes of at least 4 members (excludes halogenated alkanes) is 6. The van der Waals surface area contributed by atoms with Crippen LogP contribution in [0.5, 0.6) is 0 Å². The van der Waals surface area contributed by atoms with Crippen molar-refractivity contribution in [3.63, 3.8) is 0 Å². The molecule has 1 unspecified atom stereocenters. The summed E-state index contributed by atoms with van der Waals surface area (Å²) in [5.74, 6) is 0.447. The smallest absolute Gasteiger partial charge is 0.159 e. The van der Waals surface area contributed by atoms with E-state index in [1.807, 2.05) is 18.2 Å². The molecule has 132 valence electrons. The maximum absolute atomic E-state index is 12.0. The monoisotopic (exact) mass is 322 g/mol. The molecular weight excluding hydrogens is 288 g/mol. The molecule has 1 aliphatic rings. The fourth-order valence-electron chi connectivity index (χ4n) is 3.15. The van der Waals surface area contributed by atoms with Gasteiger partial charge < -0.3 is 10.2 Å². The molecule has 0 aromatic carbocycles. The van der Waals surface area contributed by atoms with Crippen LogP contribution in [0.1, 0.15) is 71.1 Å². The predicted octanol–water partition coefficient (Wildman–Crippen LogP) is 4.19. The van der Waals surface area contributed by atoms with E-state index in [0.29, 0.717) is 0 Å². The third kappa shape index (κ3) is 8.47. The summed E-state index contributed by atoms with van der Waals surface area (Å²) in [6.07, 6.45) is 17.6. The highest BCUT2D eigenvalue weighted by Crippen LogP contribution is 2.29. The molecule has 3 atom stereocenters. The number of carbonyl (C=O) groups excluding carboxylic acids is 1. The highest BCUT2D eigenvalue weighted by atomic mass is 16.3. The maximum atomic E-state index is 12.0. The first-order chi connectivity index (χ1) is 11.2. The molecule has 0 heterocycles. The third-order valence-corrected chi connectivity index (χ3v) is 4.64. The Morgan fingerprint density at radius 1 is 1.13 bits per heavy atom. The van der Waals surface area contributed by atoms with Crippen molar-refractivity contribution in [3.05, 3.63) is 24.3 Å². The van der Waals surface area contributed by atoms with Crippen molar-refractivity contribution in [2.75, 3.05) is 6.61 Å². The van der Waals surface area contributed by atoms with Crippen LogP contribution in [0.3, 0.4) is 0 Å². The van der Waals surface area contributed by atoms with E-state index in [-0.39, 0.29) is 30.3 Å². The van der Waals surface area contributed by atoms with Gasteiger partial charge in [-0.3, -0.25) is 4.79 Å². The van der Waals surface area contributed by atoms with Crippen LogP contribution >= 0.6 is 0 Å². The normalized spacial score (nSPS) is 22.3.